The standard InChI is InChI=1S/C11H15N3S/c1-3-14-8-9(7-13-14)11(12-2)10-5-4-6-15-10/h4-8,11-12H,3H2,1-2H3. The summed E-state index contributed by atoms with van der Waals surface area (Å²) in [5.74, 6) is 0. The second kappa shape index (κ2) is 4.59. The third-order valence-electron chi connectivity index (χ3n) is 2.43. The topological polar surface area (TPSA) is 29.9 Å². The SMILES string of the molecule is CCn1cc(C(NC)c2cccs2)cn1. The number of nitrogens with zero attached hydrogens (tertiary/aromatic N) is 2. The number of thiophene rings is 1. The van der Waals surface area contributed by atoms with Gasteiger partial charge in [0.05, 0.1) is 12.2 Å². The Bertz CT molecular complexity index is 405. The van der Waals surface area contributed by atoms with E-state index in [4.69, 9.17) is 0 Å². The summed E-state index contributed by atoms with van der Waals surface area (Å²) in [6, 6.07) is 4.49. The van der Waals surface area contributed by atoms with Crippen molar-refractivity contribution >= 4 is 11.3 Å². The third kappa shape index (κ3) is 2.11. The normalized spacial score (nSPS) is 12.9. The van der Waals surface area contributed by atoms with E-state index in [1.807, 2.05) is 17.9 Å². The Morgan fingerprint density at radius 1 is 1.60 bits per heavy atom. The maximum Gasteiger partial charge on any atom is 0.0699 e. The van der Waals surface area contributed by atoms with Gasteiger partial charge in [0.15, 0.2) is 0 Å². The maximum atomic E-state index is 4.29. The van der Waals surface area contributed by atoms with Crippen LogP contribution in [0.1, 0.15) is 23.4 Å². The van der Waals surface area contributed by atoms with Crippen LogP contribution in [0.2, 0.25) is 0 Å². The largest absolute Gasteiger partial charge is 0.309 e. The molecule has 1 unspecified atom stereocenters. The lowest BCUT2D eigenvalue weighted by atomic mass is 10.1. The van der Waals surface area contributed by atoms with E-state index in [1.165, 1.54) is 10.4 Å². The van der Waals surface area contributed by atoms with Crippen LogP contribution in [0.15, 0.2) is 29.9 Å². The molecule has 2 rings (SSSR count). The molecular weight excluding hydrogens is 206 g/mol. The van der Waals surface area contributed by atoms with Crippen molar-refractivity contribution in [2.45, 2.75) is 19.5 Å². The molecule has 2 aromatic rings. The number of aryl methyl sites for hydroxylation is 1. The maximum absolute atomic E-state index is 4.29. The Hall–Kier alpha value is -1.13. The Kier molecular flexibility index (Phi) is 3.18. The van der Waals surface area contributed by atoms with E-state index in [9.17, 15) is 0 Å². The summed E-state index contributed by atoms with van der Waals surface area (Å²) in [6.07, 6.45) is 4.03. The number of hydrogen-bond acceptors (Lipinski definition) is 3. The molecule has 0 aliphatic carbocycles. The Labute approximate surface area is 93.7 Å². The van der Waals surface area contributed by atoms with Gasteiger partial charge >= 0.3 is 0 Å². The monoisotopic (exact) mass is 221 g/mol. The highest BCUT2D eigenvalue weighted by Gasteiger charge is 2.14. The fourth-order valence-corrected chi connectivity index (χ4v) is 2.49. The first-order chi connectivity index (χ1) is 7.35. The van der Waals surface area contributed by atoms with Gasteiger partial charge < -0.3 is 5.32 Å². The van der Waals surface area contributed by atoms with Crippen LogP contribution in [0.3, 0.4) is 0 Å². The second-order valence-electron chi connectivity index (χ2n) is 3.37. The van der Waals surface area contributed by atoms with Gasteiger partial charge in [0, 0.05) is 23.2 Å². The van der Waals surface area contributed by atoms with E-state index in [0.29, 0.717) is 0 Å². The molecule has 0 aliphatic rings. The lowest BCUT2D eigenvalue weighted by molar-refractivity contribution is 0.655. The molecule has 1 N–H and O–H groups in total. The molecule has 0 aliphatic heterocycles. The van der Waals surface area contributed by atoms with Crippen LogP contribution in [0, 0.1) is 0 Å². The first-order valence-corrected chi connectivity index (χ1v) is 5.96. The van der Waals surface area contributed by atoms with Gasteiger partial charge in [-0.2, -0.15) is 5.10 Å². The third-order valence-corrected chi connectivity index (χ3v) is 3.36. The predicted octanol–water partition coefficient (Wildman–Crippen LogP) is 2.27. The van der Waals surface area contributed by atoms with Crippen LogP contribution in [-0.4, -0.2) is 16.8 Å². The van der Waals surface area contributed by atoms with Crippen LogP contribution >= 0.6 is 11.3 Å². The average molecular weight is 221 g/mol. The molecule has 0 aromatic carbocycles. The molecule has 0 fully saturated rings. The highest BCUT2D eigenvalue weighted by atomic mass is 32.1. The van der Waals surface area contributed by atoms with E-state index in [0.717, 1.165) is 6.54 Å². The van der Waals surface area contributed by atoms with Crippen molar-refractivity contribution in [3.8, 4) is 0 Å². The quantitative estimate of drug-likeness (QED) is 0.858. The zero-order valence-electron chi connectivity index (χ0n) is 8.97. The first-order valence-electron chi connectivity index (χ1n) is 5.08. The zero-order chi connectivity index (χ0) is 10.7. The van der Waals surface area contributed by atoms with Gasteiger partial charge in [-0.3, -0.25) is 4.68 Å². The van der Waals surface area contributed by atoms with Crippen molar-refractivity contribution in [1.82, 2.24) is 15.1 Å². The summed E-state index contributed by atoms with van der Waals surface area (Å²) < 4.78 is 1.95. The number of hydrogen-bond donors (Lipinski definition) is 1. The Morgan fingerprint density at radius 3 is 3.00 bits per heavy atom. The molecule has 2 aromatic heterocycles. The van der Waals surface area contributed by atoms with Gasteiger partial charge in [-0.15, -0.1) is 11.3 Å². The minimum atomic E-state index is 0.269. The smallest absolute Gasteiger partial charge is 0.0699 e. The van der Waals surface area contributed by atoms with Gasteiger partial charge in [-0.1, -0.05) is 6.07 Å². The van der Waals surface area contributed by atoms with Crippen LogP contribution < -0.4 is 5.32 Å². The zero-order valence-corrected chi connectivity index (χ0v) is 9.79. The minimum absolute atomic E-state index is 0.269. The summed E-state index contributed by atoms with van der Waals surface area (Å²) in [4.78, 5) is 1.33. The van der Waals surface area contributed by atoms with E-state index in [-0.39, 0.29) is 6.04 Å². The Morgan fingerprint density at radius 2 is 2.47 bits per heavy atom. The van der Waals surface area contributed by atoms with Crippen LogP contribution in [0.4, 0.5) is 0 Å². The molecule has 0 bridgehead atoms. The van der Waals surface area contributed by atoms with Gasteiger partial charge in [0.1, 0.15) is 0 Å². The second-order valence-corrected chi connectivity index (χ2v) is 4.35. The van der Waals surface area contributed by atoms with Gasteiger partial charge in [0.25, 0.3) is 0 Å². The van der Waals surface area contributed by atoms with Gasteiger partial charge in [-0.05, 0) is 25.4 Å². The molecule has 0 saturated carbocycles. The minimum Gasteiger partial charge on any atom is -0.309 e. The van der Waals surface area contributed by atoms with Crippen molar-refractivity contribution in [2.24, 2.45) is 0 Å². The first kappa shape index (κ1) is 10.4. The molecule has 0 spiro atoms. The molecule has 80 valence electrons. The van der Waals surface area contributed by atoms with E-state index in [2.05, 4.69) is 41.0 Å². The lowest BCUT2D eigenvalue weighted by Crippen LogP contribution is -2.15. The van der Waals surface area contributed by atoms with E-state index >= 15 is 0 Å². The number of nitrogens with one attached hydrogen (secondary N) is 1. The van der Waals surface area contributed by atoms with Crippen molar-refractivity contribution in [2.75, 3.05) is 7.05 Å². The highest BCUT2D eigenvalue weighted by molar-refractivity contribution is 7.10. The fourth-order valence-electron chi connectivity index (χ4n) is 1.63. The number of rotatable bonds is 4. The molecule has 4 heteroatoms. The van der Waals surface area contributed by atoms with Crippen LogP contribution in [0.25, 0.3) is 0 Å². The summed E-state index contributed by atoms with van der Waals surface area (Å²) in [5.41, 5.74) is 1.22. The Balaban J connectivity index is 2.27. The summed E-state index contributed by atoms with van der Waals surface area (Å²) in [5, 5.41) is 9.71. The average Bonchev–Trinajstić information content (AvgIpc) is 2.89. The number of aromatic nitrogens is 2. The van der Waals surface area contributed by atoms with Gasteiger partial charge in [-0.25, -0.2) is 0 Å². The van der Waals surface area contributed by atoms with Gasteiger partial charge in [0.2, 0.25) is 0 Å². The molecule has 1 atom stereocenters. The molecular formula is C11H15N3S. The lowest BCUT2D eigenvalue weighted by Gasteiger charge is -2.11. The molecule has 0 saturated heterocycles. The van der Waals surface area contributed by atoms with Crippen LogP contribution in [-0.2, 0) is 6.54 Å². The van der Waals surface area contributed by atoms with E-state index < -0.39 is 0 Å². The molecule has 3 nitrogen and oxygen atoms in total. The summed E-state index contributed by atoms with van der Waals surface area (Å²) >= 11 is 1.77. The van der Waals surface area contributed by atoms with E-state index in [1.54, 1.807) is 11.3 Å². The fraction of sp³-hybridized carbons (Fsp3) is 0.364. The van der Waals surface area contributed by atoms with Crippen molar-refractivity contribution in [3.63, 3.8) is 0 Å². The molecule has 0 radical (unpaired) electrons. The van der Waals surface area contributed by atoms with Crippen molar-refractivity contribution < 1.29 is 0 Å². The summed E-state index contributed by atoms with van der Waals surface area (Å²) in [6.45, 7) is 3.01. The van der Waals surface area contributed by atoms with Crippen molar-refractivity contribution in [3.05, 3.63) is 40.3 Å². The summed E-state index contributed by atoms with van der Waals surface area (Å²) in [7, 11) is 1.98. The highest BCUT2D eigenvalue weighted by Crippen LogP contribution is 2.24. The van der Waals surface area contributed by atoms with Crippen molar-refractivity contribution in [1.29, 1.82) is 0 Å². The molecule has 0 amide bonds. The van der Waals surface area contributed by atoms with Crippen LogP contribution in [0.5, 0.6) is 0 Å². The molecule has 15 heavy (non-hydrogen) atoms. The molecule has 2 heterocycles. The predicted molar refractivity (Wildman–Crippen MR) is 63.1 cm³/mol.